The monoisotopic (exact) mass is 735 g/mol. The molecule has 0 saturated carbocycles. The second-order valence-electron chi connectivity index (χ2n) is 16.5. The highest BCUT2D eigenvalue weighted by Gasteiger charge is 2.36. The highest BCUT2D eigenvalue weighted by atomic mass is 32.1. The summed E-state index contributed by atoms with van der Waals surface area (Å²) in [6, 6.07) is 65.8. The van der Waals surface area contributed by atoms with Gasteiger partial charge in [-0.15, -0.1) is 11.3 Å². The molecular formula is C54H41NS. The van der Waals surface area contributed by atoms with Gasteiger partial charge in [0.15, 0.2) is 0 Å². The lowest BCUT2D eigenvalue weighted by atomic mass is 9.82. The quantitative estimate of drug-likeness (QED) is 0.170. The molecule has 1 aromatic heterocycles. The third-order valence-corrected chi connectivity index (χ3v) is 13.8. The number of anilines is 3. The zero-order valence-electron chi connectivity index (χ0n) is 32.1. The molecule has 0 atom stereocenters. The van der Waals surface area contributed by atoms with Crippen molar-refractivity contribution in [2.75, 3.05) is 4.90 Å². The average molecular weight is 736 g/mol. The first-order chi connectivity index (χ1) is 27.3. The SMILES string of the molecule is CC1(C)c2ccccc2-c2cc(-c3cccc(N(c4cccc(-c5ccc6c(c5)-c5ccccc5C6(C)C)c4)c4cccc5sc6ccccc6c45)c3)ccc21. The van der Waals surface area contributed by atoms with Gasteiger partial charge in [-0.2, -0.15) is 0 Å². The minimum atomic E-state index is -0.0193. The van der Waals surface area contributed by atoms with E-state index in [0.29, 0.717) is 0 Å². The van der Waals surface area contributed by atoms with E-state index in [9.17, 15) is 0 Å². The highest BCUT2D eigenvalue weighted by Crippen LogP contribution is 2.52. The average Bonchev–Trinajstić information content (AvgIpc) is 3.81. The highest BCUT2D eigenvalue weighted by molar-refractivity contribution is 7.26. The topological polar surface area (TPSA) is 3.24 Å². The Balaban J connectivity index is 1.08. The first kappa shape index (κ1) is 33.1. The van der Waals surface area contributed by atoms with Crippen LogP contribution in [-0.4, -0.2) is 0 Å². The molecule has 2 aliphatic rings. The fourth-order valence-electron chi connectivity index (χ4n) is 9.82. The van der Waals surface area contributed by atoms with Gasteiger partial charge in [0, 0.05) is 42.4 Å². The van der Waals surface area contributed by atoms with E-state index in [1.54, 1.807) is 0 Å². The van der Waals surface area contributed by atoms with Crippen LogP contribution in [0.5, 0.6) is 0 Å². The summed E-state index contributed by atoms with van der Waals surface area (Å²) in [5.41, 5.74) is 19.2. The Morgan fingerprint density at radius 3 is 1.43 bits per heavy atom. The lowest BCUT2D eigenvalue weighted by Crippen LogP contribution is -2.14. The molecular weight excluding hydrogens is 695 g/mol. The second-order valence-corrected chi connectivity index (χ2v) is 17.6. The standard InChI is InChI=1S/C54H41NS/c1-53(2)45-21-8-5-18-40(45)43-32-36(26-28-47(43)53)34-14-11-16-38(30-34)55(49-23-13-25-51-52(49)42-20-7-10-24-50(42)56-51)39-17-12-15-35(31-39)37-27-29-48-44(33-37)41-19-6-9-22-46(41)54(48,3)4/h5-33H,1-4H3. The predicted octanol–water partition coefficient (Wildman–Crippen LogP) is 15.5. The van der Waals surface area contributed by atoms with Crippen LogP contribution in [-0.2, 0) is 10.8 Å². The third-order valence-electron chi connectivity index (χ3n) is 12.7. The molecule has 0 saturated heterocycles. The molecule has 0 fully saturated rings. The molecule has 0 N–H and O–H groups in total. The summed E-state index contributed by atoms with van der Waals surface area (Å²) in [4.78, 5) is 2.48. The summed E-state index contributed by atoms with van der Waals surface area (Å²) in [7, 11) is 0. The van der Waals surface area contributed by atoms with E-state index in [-0.39, 0.29) is 10.8 Å². The lowest BCUT2D eigenvalue weighted by Gasteiger charge is -2.27. The molecule has 2 heteroatoms. The maximum Gasteiger partial charge on any atom is 0.0554 e. The van der Waals surface area contributed by atoms with Gasteiger partial charge < -0.3 is 4.90 Å². The van der Waals surface area contributed by atoms with Gasteiger partial charge in [-0.05, 0) is 121 Å². The van der Waals surface area contributed by atoms with Gasteiger partial charge in [-0.25, -0.2) is 0 Å². The fourth-order valence-corrected chi connectivity index (χ4v) is 10.9. The van der Waals surface area contributed by atoms with Crippen LogP contribution in [0.25, 0.3) is 64.7 Å². The molecule has 0 amide bonds. The van der Waals surface area contributed by atoms with Crippen LogP contribution in [0.3, 0.4) is 0 Å². The minimum absolute atomic E-state index is 0.0193. The lowest BCUT2D eigenvalue weighted by molar-refractivity contribution is 0.660. The van der Waals surface area contributed by atoms with Crippen molar-refractivity contribution in [1.82, 2.24) is 0 Å². The number of rotatable bonds is 5. The van der Waals surface area contributed by atoms with Gasteiger partial charge in [0.1, 0.15) is 0 Å². The van der Waals surface area contributed by atoms with Crippen LogP contribution < -0.4 is 4.90 Å². The number of benzene rings is 8. The molecule has 11 rings (SSSR count). The molecule has 0 aliphatic heterocycles. The van der Waals surface area contributed by atoms with E-state index >= 15 is 0 Å². The van der Waals surface area contributed by atoms with E-state index in [1.807, 2.05) is 11.3 Å². The molecule has 1 heterocycles. The molecule has 8 aromatic carbocycles. The predicted molar refractivity (Wildman–Crippen MR) is 240 cm³/mol. The number of hydrogen-bond donors (Lipinski definition) is 0. The molecule has 0 unspecified atom stereocenters. The Hall–Kier alpha value is -6.22. The summed E-state index contributed by atoms with van der Waals surface area (Å²) in [5.74, 6) is 0. The summed E-state index contributed by atoms with van der Waals surface area (Å²) < 4.78 is 2.60. The number of thiophene rings is 1. The van der Waals surface area contributed by atoms with E-state index in [2.05, 4.69) is 209 Å². The number of nitrogens with zero attached hydrogens (tertiary/aromatic N) is 1. The summed E-state index contributed by atoms with van der Waals surface area (Å²) in [6.45, 7) is 9.39. The molecule has 0 radical (unpaired) electrons. The van der Waals surface area contributed by atoms with Gasteiger partial charge in [0.25, 0.3) is 0 Å². The Morgan fingerprint density at radius 2 is 0.839 bits per heavy atom. The zero-order chi connectivity index (χ0) is 37.8. The first-order valence-electron chi connectivity index (χ1n) is 19.7. The molecule has 9 aromatic rings. The van der Waals surface area contributed by atoms with Crippen molar-refractivity contribution in [2.45, 2.75) is 38.5 Å². The summed E-state index contributed by atoms with van der Waals surface area (Å²) in [6.07, 6.45) is 0. The third kappa shape index (κ3) is 4.85. The van der Waals surface area contributed by atoms with Gasteiger partial charge in [0.2, 0.25) is 0 Å². The van der Waals surface area contributed by atoms with Crippen molar-refractivity contribution >= 4 is 48.6 Å². The Kier molecular flexibility index (Phi) is 7.18. The largest absolute Gasteiger partial charge is 0.310 e. The van der Waals surface area contributed by atoms with E-state index in [0.717, 1.165) is 11.4 Å². The Labute approximate surface area is 333 Å². The van der Waals surface area contributed by atoms with Crippen LogP contribution >= 0.6 is 11.3 Å². The van der Waals surface area contributed by atoms with Crippen LogP contribution in [0.1, 0.15) is 49.9 Å². The molecule has 56 heavy (non-hydrogen) atoms. The maximum absolute atomic E-state index is 2.48. The van der Waals surface area contributed by atoms with Crippen molar-refractivity contribution in [3.05, 3.63) is 198 Å². The van der Waals surface area contributed by atoms with Gasteiger partial charge in [0.05, 0.1) is 5.69 Å². The summed E-state index contributed by atoms with van der Waals surface area (Å²) >= 11 is 1.87. The van der Waals surface area contributed by atoms with E-state index < -0.39 is 0 Å². The normalized spacial score (nSPS) is 14.4. The van der Waals surface area contributed by atoms with Crippen molar-refractivity contribution < 1.29 is 0 Å². The number of hydrogen-bond acceptors (Lipinski definition) is 2. The van der Waals surface area contributed by atoms with Gasteiger partial charge >= 0.3 is 0 Å². The molecule has 2 aliphatic carbocycles. The van der Waals surface area contributed by atoms with Crippen molar-refractivity contribution in [3.8, 4) is 44.5 Å². The zero-order valence-corrected chi connectivity index (χ0v) is 32.9. The smallest absolute Gasteiger partial charge is 0.0554 e. The maximum atomic E-state index is 2.48. The molecule has 0 spiro atoms. The summed E-state index contributed by atoms with van der Waals surface area (Å²) in [5, 5.41) is 2.58. The van der Waals surface area contributed by atoms with Crippen molar-refractivity contribution in [1.29, 1.82) is 0 Å². The van der Waals surface area contributed by atoms with Crippen LogP contribution in [0.15, 0.2) is 176 Å². The van der Waals surface area contributed by atoms with Gasteiger partial charge in [-0.3, -0.25) is 0 Å². The molecule has 268 valence electrons. The first-order valence-corrected chi connectivity index (χ1v) is 20.5. The van der Waals surface area contributed by atoms with Crippen molar-refractivity contribution in [2.24, 2.45) is 0 Å². The molecule has 1 nitrogen and oxygen atoms in total. The van der Waals surface area contributed by atoms with Crippen molar-refractivity contribution in [3.63, 3.8) is 0 Å². The van der Waals surface area contributed by atoms with Crippen LogP contribution in [0.4, 0.5) is 17.1 Å². The Morgan fingerprint density at radius 1 is 0.375 bits per heavy atom. The van der Waals surface area contributed by atoms with Crippen LogP contribution in [0.2, 0.25) is 0 Å². The van der Waals surface area contributed by atoms with E-state index in [1.165, 1.54) is 92.6 Å². The second kappa shape index (κ2) is 12.1. The fraction of sp³-hybridized carbons (Fsp3) is 0.111. The van der Waals surface area contributed by atoms with Crippen LogP contribution in [0, 0.1) is 0 Å². The molecule has 0 bridgehead atoms. The van der Waals surface area contributed by atoms with E-state index in [4.69, 9.17) is 0 Å². The minimum Gasteiger partial charge on any atom is -0.310 e. The number of fused-ring (bicyclic) bond motifs is 9. The van der Waals surface area contributed by atoms with Gasteiger partial charge in [-0.1, -0.05) is 149 Å². The Bertz CT molecular complexity index is 2900.